The predicted octanol–water partition coefficient (Wildman–Crippen LogP) is -2.06. The summed E-state index contributed by atoms with van der Waals surface area (Å²) in [7, 11) is 0. The van der Waals surface area contributed by atoms with Gasteiger partial charge in [0.25, 0.3) is 11.5 Å². The summed E-state index contributed by atoms with van der Waals surface area (Å²) >= 11 is 0. The Labute approximate surface area is 164 Å². The summed E-state index contributed by atoms with van der Waals surface area (Å²) in [6.07, 6.45) is 4.77. The van der Waals surface area contributed by atoms with E-state index >= 15 is 0 Å². The van der Waals surface area contributed by atoms with Crippen LogP contribution in [0.3, 0.4) is 0 Å². The summed E-state index contributed by atoms with van der Waals surface area (Å²) in [5.74, 6) is 0.303. The van der Waals surface area contributed by atoms with Crippen molar-refractivity contribution in [1.29, 1.82) is 0 Å². The predicted molar refractivity (Wildman–Crippen MR) is 105 cm³/mol. The summed E-state index contributed by atoms with van der Waals surface area (Å²) in [4.78, 5) is 29.9. The molecule has 0 radical (unpaired) electrons. The van der Waals surface area contributed by atoms with Gasteiger partial charge in [0, 0.05) is 13.1 Å². The molecule has 1 aromatic carbocycles. The number of piperazine rings is 1. The highest BCUT2D eigenvalue weighted by molar-refractivity contribution is 5.77. The van der Waals surface area contributed by atoms with Crippen LogP contribution >= 0.6 is 0 Å². The van der Waals surface area contributed by atoms with E-state index in [0.29, 0.717) is 30.0 Å². The molecule has 3 heterocycles. The summed E-state index contributed by atoms with van der Waals surface area (Å²) < 4.78 is 1.48. The van der Waals surface area contributed by atoms with Gasteiger partial charge in [-0.05, 0) is 25.0 Å². The molecule has 0 atom stereocenters. The van der Waals surface area contributed by atoms with Gasteiger partial charge in [-0.1, -0.05) is 30.2 Å². The van der Waals surface area contributed by atoms with Gasteiger partial charge in [0.2, 0.25) is 0 Å². The molecule has 28 heavy (non-hydrogen) atoms. The van der Waals surface area contributed by atoms with Crippen molar-refractivity contribution in [3.63, 3.8) is 0 Å². The maximum Gasteiger partial charge on any atom is 0.282 e. The molecule has 4 rings (SSSR count). The quantitative estimate of drug-likeness (QED) is 0.633. The Kier molecular flexibility index (Phi) is 5.97. The number of carbonyl (C=O) groups excluding carboxylic acids is 1. The molecule has 1 amide bonds. The Morgan fingerprint density at radius 2 is 1.64 bits per heavy atom. The Bertz CT molecular complexity index is 866. The first-order chi connectivity index (χ1) is 13.7. The molecule has 0 unspecified atom stereocenters. The van der Waals surface area contributed by atoms with Crippen LogP contribution in [-0.2, 0) is 11.5 Å². The first-order valence-corrected chi connectivity index (χ1v) is 10.5. The van der Waals surface area contributed by atoms with Crippen LogP contribution in [-0.4, -0.2) is 71.6 Å². The van der Waals surface area contributed by atoms with E-state index in [9.17, 15) is 9.59 Å². The fourth-order valence-electron chi connectivity index (χ4n) is 4.28. The lowest BCUT2D eigenvalue weighted by molar-refractivity contribution is -1.02. The highest BCUT2D eigenvalue weighted by atomic mass is 16.2. The normalized spacial score (nSPS) is 23.5. The highest BCUT2D eigenvalue weighted by Crippen LogP contribution is 2.09. The van der Waals surface area contributed by atoms with Gasteiger partial charge in [-0.15, -0.1) is 5.10 Å². The highest BCUT2D eigenvalue weighted by Gasteiger charge is 2.27. The Morgan fingerprint density at radius 1 is 0.964 bits per heavy atom. The minimum Gasteiger partial charge on any atom is -0.338 e. The first kappa shape index (κ1) is 19.0. The number of quaternary nitrogens is 2. The van der Waals surface area contributed by atoms with E-state index < -0.39 is 0 Å². The van der Waals surface area contributed by atoms with Crippen LogP contribution < -0.4 is 15.4 Å². The molecule has 2 aliphatic heterocycles. The number of rotatable bonds is 4. The van der Waals surface area contributed by atoms with Gasteiger partial charge in [0.05, 0.1) is 5.39 Å². The monoisotopic (exact) mass is 386 g/mol. The van der Waals surface area contributed by atoms with Crippen LogP contribution in [0.2, 0.25) is 0 Å². The van der Waals surface area contributed by atoms with Crippen LogP contribution in [0.25, 0.3) is 10.9 Å². The smallest absolute Gasteiger partial charge is 0.282 e. The van der Waals surface area contributed by atoms with Gasteiger partial charge in [-0.3, -0.25) is 9.59 Å². The average Bonchev–Trinajstić information content (AvgIpc) is 3.01. The number of aromatic nitrogens is 3. The van der Waals surface area contributed by atoms with Gasteiger partial charge in [0.1, 0.15) is 31.7 Å². The first-order valence-electron chi connectivity index (χ1n) is 10.5. The number of carbonyl (C=O) groups is 1. The van der Waals surface area contributed by atoms with E-state index in [2.05, 4.69) is 15.2 Å². The van der Waals surface area contributed by atoms with E-state index in [0.717, 1.165) is 52.1 Å². The minimum atomic E-state index is -0.0794. The molecule has 2 fully saturated rings. The number of hydrogen-bond donors (Lipinski definition) is 2. The van der Waals surface area contributed by atoms with E-state index in [1.54, 1.807) is 6.07 Å². The van der Waals surface area contributed by atoms with Gasteiger partial charge >= 0.3 is 0 Å². The molecule has 8 nitrogen and oxygen atoms in total. The van der Waals surface area contributed by atoms with E-state index in [4.69, 9.17) is 0 Å². The number of hydrogen-bond acceptors (Lipinski definition) is 4. The van der Waals surface area contributed by atoms with Gasteiger partial charge in [0.15, 0.2) is 13.2 Å². The Morgan fingerprint density at radius 3 is 2.39 bits per heavy atom. The van der Waals surface area contributed by atoms with Crippen LogP contribution in [0.15, 0.2) is 29.1 Å². The molecule has 8 heteroatoms. The summed E-state index contributed by atoms with van der Waals surface area (Å²) in [5, 5.41) is 8.88. The number of nitrogens with one attached hydrogen (secondary N) is 2. The molecular weight excluding hydrogens is 356 g/mol. The zero-order chi connectivity index (χ0) is 19.3. The molecule has 1 aromatic heterocycles. The zero-order valence-corrected chi connectivity index (χ0v) is 16.4. The largest absolute Gasteiger partial charge is 0.338 e. The number of amides is 1. The van der Waals surface area contributed by atoms with Crippen molar-refractivity contribution in [1.82, 2.24) is 19.9 Å². The maximum absolute atomic E-state index is 12.6. The SMILES string of the molecule is O=C(C[NH+]1CC[NH+](Cn2nnc3ccccc3c2=O)CC1)N1CCCCCC1. The van der Waals surface area contributed by atoms with Crippen molar-refractivity contribution >= 4 is 16.8 Å². The van der Waals surface area contributed by atoms with Gasteiger partial charge in [-0.2, -0.15) is 4.68 Å². The molecule has 150 valence electrons. The summed E-state index contributed by atoms with van der Waals surface area (Å²) in [5.41, 5.74) is 0.559. The van der Waals surface area contributed by atoms with Gasteiger partial charge < -0.3 is 14.7 Å². The van der Waals surface area contributed by atoms with E-state index in [1.807, 2.05) is 18.2 Å². The maximum atomic E-state index is 12.6. The Hall–Kier alpha value is -2.32. The fraction of sp³-hybridized carbons (Fsp3) is 0.600. The minimum absolute atomic E-state index is 0.0794. The zero-order valence-electron chi connectivity index (χ0n) is 16.4. The Balaban J connectivity index is 1.30. The third kappa shape index (κ3) is 4.39. The molecule has 2 N–H and O–H groups in total. The van der Waals surface area contributed by atoms with Crippen molar-refractivity contribution in [2.24, 2.45) is 0 Å². The lowest BCUT2D eigenvalue weighted by Crippen LogP contribution is -3.28. The van der Waals surface area contributed by atoms with Crippen LogP contribution in [0.5, 0.6) is 0 Å². The van der Waals surface area contributed by atoms with Crippen molar-refractivity contribution in [3.8, 4) is 0 Å². The molecule has 2 saturated heterocycles. The second-order valence-corrected chi connectivity index (χ2v) is 8.04. The lowest BCUT2D eigenvalue weighted by Gasteiger charge is -2.30. The van der Waals surface area contributed by atoms with Crippen molar-refractivity contribution in [3.05, 3.63) is 34.6 Å². The van der Waals surface area contributed by atoms with Crippen molar-refractivity contribution in [2.75, 3.05) is 45.8 Å². The third-order valence-electron chi connectivity index (χ3n) is 6.03. The molecule has 0 saturated carbocycles. The number of fused-ring (bicyclic) bond motifs is 1. The topological polar surface area (TPSA) is 77.0 Å². The fourth-order valence-corrected chi connectivity index (χ4v) is 4.28. The molecule has 0 bridgehead atoms. The second-order valence-electron chi connectivity index (χ2n) is 8.04. The van der Waals surface area contributed by atoms with Crippen molar-refractivity contribution in [2.45, 2.75) is 32.4 Å². The van der Waals surface area contributed by atoms with Gasteiger partial charge in [-0.25, -0.2) is 0 Å². The molecule has 2 aromatic rings. The molecule has 2 aliphatic rings. The van der Waals surface area contributed by atoms with E-state index in [-0.39, 0.29) is 5.56 Å². The number of benzene rings is 1. The standard InChI is InChI=1S/C20H28N6O2/c27-19(25-9-5-1-2-6-10-25)15-23-11-13-24(14-12-23)16-26-20(28)17-7-3-4-8-18(17)21-22-26/h3-4,7-8H,1-2,5-6,9-16H2/p+2. The summed E-state index contributed by atoms with van der Waals surface area (Å²) in [6.45, 7) is 6.75. The van der Waals surface area contributed by atoms with Crippen molar-refractivity contribution < 1.29 is 14.6 Å². The average molecular weight is 387 g/mol. The molecule has 0 spiro atoms. The van der Waals surface area contributed by atoms with Crippen LogP contribution in [0.4, 0.5) is 0 Å². The third-order valence-corrected chi connectivity index (χ3v) is 6.03. The molecule has 0 aliphatic carbocycles. The van der Waals surface area contributed by atoms with E-state index in [1.165, 1.54) is 27.3 Å². The summed E-state index contributed by atoms with van der Waals surface area (Å²) in [6, 6.07) is 7.33. The van der Waals surface area contributed by atoms with Crippen LogP contribution in [0.1, 0.15) is 25.7 Å². The van der Waals surface area contributed by atoms with Crippen LogP contribution in [0, 0.1) is 0 Å². The number of nitrogens with zero attached hydrogens (tertiary/aromatic N) is 4. The lowest BCUT2D eigenvalue weighted by atomic mass is 10.2. The molecular formula is C20H30N6O2+2. The second kappa shape index (κ2) is 8.79. The number of likely N-dealkylation sites (tertiary alicyclic amines) is 1.